The van der Waals surface area contributed by atoms with Gasteiger partial charge in [0.15, 0.2) is 0 Å². The van der Waals surface area contributed by atoms with E-state index >= 15 is 0 Å². The lowest BCUT2D eigenvalue weighted by Crippen LogP contribution is -2.49. The van der Waals surface area contributed by atoms with Crippen LogP contribution in [0.15, 0.2) is 0 Å². The van der Waals surface area contributed by atoms with Crippen LogP contribution in [0.4, 0.5) is 4.39 Å². The Balaban J connectivity index is 2.04. The molecule has 1 aliphatic carbocycles. The molecule has 0 radical (unpaired) electrons. The lowest BCUT2D eigenvalue weighted by Gasteiger charge is -2.32. The molecule has 1 saturated heterocycles. The van der Waals surface area contributed by atoms with Gasteiger partial charge in [0.2, 0.25) is 0 Å². The zero-order chi connectivity index (χ0) is 9.31. The summed E-state index contributed by atoms with van der Waals surface area (Å²) in [6.45, 7) is 0.0798. The third-order valence-corrected chi connectivity index (χ3v) is 3.00. The summed E-state index contributed by atoms with van der Waals surface area (Å²) in [4.78, 5) is 0. The van der Waals surface area contributed by atoms with Crippen molar-refractivity contribution < 1.29 is 9.50 Å². The van der Waals surface area contributed by atoms with Gasteiger partial charge in [0.05, 0.1) is 6.10 Å². The van der Waals surface area contributed by atoms with Crippen LogP contribution in [-0.4, -0.2) is 30.0 Å². The lowest BCUT2D eigenvalue weighted by atomic mass is 9.87. The van der Waals surface area contributed by atoms with Crippen molar-refractivity contribution in [2.45, 2.75) is 30.9 Å². The van der Waals surface area contributed by atoms with Crippen LogP contribution in [0.5, 0.6) is 0 Å². The van der Waals surface area contributed by atoms with Crippen molar-refractivity contribution in [3.8, 4) is 11.8 Å². The average molecular weight is 183 g/mol. The summed E-state index contributed by atoms with van der Waals surface area (Å²) in [5, 5.41) is 12.7. The van der Waals surface area contributed by atoms with Crippen molar-refractivity contribution in [2.75, 3.05) is 13.2 Å². The second kappa shape index (κ2) is 3.28. The molecule has 1 saturated carbocycles. The summed E-state index contributed by atoms with van der Waals surface area (Å²) in [5.74, 6) is 5.52. The van der Waals surface area contributed by atoms with Crippen LogP contribution < -0.4 is 5.32 Å². The summed E-state index contributed by atoms with van der Waals surface area (Å²) in [5.41, 5.74) is 0.126. The van der Waals surface area contributed by atoms with E-state index in [0.717, 1.165) is 12.8 Å². The van der Waals surface area contributed by atoms with Crippen LogP contribution in [0.25, 0.3) is 0 Å². The van der Waals surface area contributed by atoms with E-state index in [9.17, 15) is 9.50 Å². The molecule has 2 unspecified atom stereocenters. The van der Waals surface area contributed by atoms with Gasteiger partial charge in [-0.1, -0.05) is 11.8 Å². The first-order valence-corrected chi connectivity index (χ1v) is 4.74. The second-order valence-corrected chi connectivity index (χ2v) is 3.93. The second-order valence-electron chi connectivity index (χ2n) is 3.93. The standard InChI is InChI=1S/C10H14FNO/c11-5-1-2-8-6-9(13)7-12-10(8)3-4-10/h8-9,12-13H,3-7H2. The van der Waals surface area contributed by atoms with Gasteiger partial charge in [0.25, 0.3) is 0 Å². The first-order valence-electron chi connectivity index (χ1n) is 4.74. The number of nitrogens with one attached hydrogen (secondary N) is 1. The number of hydrogen-bond acceptors (Lipinski definition) is 2. The molecule has 0 aromatic rings. The molecular formula is C10H14FNO. The Morgan fingerprint density at radius 2 is 2.31 bits per heavy atom. The Morgan fingerprint density at radius 3 is 2.92 bits per heavy atom. The van der Waals surface area contributed by atoms with E-state index in [0.29, 0.717) is 13.0 Å². The highest BCUT2D eigenvalue weighted by molar-refractivity contribution is 5.21. The molecule has 0 aromatic carbocycles. The van der Waals surface area contributed by atoms with E-state index in [4.69, 9.17) is 0 Å². The normalized spacial score (nSPS) is 35.2. The Morgan fingerprint density at radius 1 is 1.54 bits per heavy atom. The fraction of sp³-hybridized carbons (Fsp3) is 0.800. The van der Waals surface area contributed by atoms with E-state index in [1.54, 1.807) is 0 Å². The fourth-order valence-corrected chi connectivity index (χ4v) is 2.04. The molecule has 3 heteroatoms. The minimum atomic E-state index is -0.581. The summed E-state index contributed by atoms with van der Waals surface area (Å²) in [7, 11) is 0. The van der Waals surface area contributed by atoms with Crippen LogP contribution in [-0.2, 0) is 0 Å². The van der Waals surface area contributed by atoms with Gasteiger partial charge in [-0.05, 0) is 19.3 Å². The summed E-state index contributed by atoms with van der Waals surface area (Å²) < 4.78 is 11.9. The molecule has 2 atom stereocenters. The first-order chi connectivity index (χ1) is 6.27. The van der Waals surface area contributed by atoms with Crippen molar-refractivity contribution in [3.05, 3.63) is 0 Å². The minimum Gasteiger partial charge on any atom is -0.392 e. The van der Waals surface area contributed by atoms with Gasteiger partial charge in [-0.2, -0.15) is 0 Å². The van der Waals surface area contributed by atoms with E-state index < -0.39 is 6.67 Å². The number of alkyl halides is 1. The topological polar surface area (TPSA) is 32.3 Å². The van der Waals surface area contributed by atoms with Crippen molar-refractivity contribution in [1.29, 1.82) is 0 Å². The van der Waals surface area contributed by atoms with Gasteiger partial charge in [-0.15, -0.1) is 0 Å². The zero-order valence-corrected chi connectivity index (χ0v) is 7.52. The van der Waals surface area contributed by atoms with Gasteiger partial charge in [-0.3, -0.25) is 0 Å². The predicted molar refractivity (Wildman–Crippen MR) is 47.8 cm³/mol. The maximum Gasteiger partial charge on any atom is 0.150 e. The number of piperidine rings is 1. The van der Waals surface area contributed by atoms with Crippen LogP contribution in [0.1, 0.15) is 19.3 Å². The Labute approximate surface area is 77.5 Å². The molecule has 2 aliphatic rings. The molecule has 0 bridgehead atoms. The quantitative estimate of drug-likeness (QED) is 0.535. The number of aliphatic hydroxyl groups is 1. The molecule has 1 heterocycles. The Kier molecular flexibility index (Phi) is 2.27. The molecule has 72 valence electrons. The SMILES string of the molecule is OC1CNC2(CC2)C(C#CCF)C1. The lowest BCUT2D eigenvalue weighted by molar-refractivity contribution is 0.101. The van der Waals surface area contributed by atoms with E-state index in [1.807, 2.05) is 0 Å². The summed E-state index contributed by atoms with van der Waals surface area (Å²) in [6, 6.07) is 0. The summed E-state index contributed by atoms with van der Waals surface area (Å²) in [6.07, 6.45) is 2.61. The highest BCUT2D eigenvalue weighted by Gasteiger charge is 2.51. The van der Waals surface area contributed by atoms with Gasteiger partial charge < -0.3 is 10.4 Å². The van der Waals surface area contributed by atoms with E-state index in [-0.39, 0.29) is 17.6 Å². The monoisotopic (exact) mass is 183 g/mol. The zero-order valence-electron chi connectivity index (χ0n) is 7.52. The molecule has 2 rings (SSSR count). The third-order valence-electron chi connectivity index (χ3n) is 3.00. The molecule has 13 heavy (non-hydrogen) atoms. The molecule has 0 aromatic heterocycles. The largest absolute Gasteiger partial charge is 0.392 e. The smallest absolute Gasteiger partial charge is 0.150 e. The van der Waals surface area contributed by atoms with E-state index in [2.05, 4.69) is 17.2 Å². The van der Waals surface area contributed by atoms with Crippen molar-refractivity contribution >= 4 is 0 Å². The fourth-order valence-electron chi connectivity index (χ4n) is 2.04. The third kappa shape index (κ3) is 1.70. The number of hydrogen-bond donors (Lipinski definition) is 2. The molecule has 2 nitrogen and oxygen atoms in total. The van der Waals surface area contributed by atoms with Crippen LogP contribution in [0.2, 0.25) is 0 Å². The Hall–Kier alpha value is -0.590. The van der Waals surface area contributed by atoms with Crippen molar-refractivity contribution in [3.63, 3.8) is 0 Å². The maximum absolute atomic E-state index is 11.9. The van der Waals surface area contributed by atoms with Gasteiger partial charge in [-0.25, -0.2) is 4.39 Å². The highest BCUT2D eigenvalue weighted by Crippen LogP contribution is 2.45. The van der Waals surface area contributed by atoms with Crippen LogP contribution >= 0.6 is 0 Å². The first kappa shape index (κ1) is 8.98. The van der Waals surface area contributed by atoms with Crippen LogP contribution in [0, 0.1) is 17.8 Å². The van der Waals surface area contributed by atoms with Crippen LogP contribution in [0.3, 0.4) is 0 Å². The molecule has 1 spiro atoms. The number of aliphatic hydroxyl groups excluding tert-OH is 1. The average Bonchev–Trinajstić information content (AvgIpc) is 2.89. The van der Waals surface area contributed by atoms with Crippen molar-refractivity contribution in [1.82, 2.24) is 5.32 Å². The molecule has 1 aliphatic heterocycles. The number of β-amino-alcohol motifs (C(OH)–C–C–N with tert-alkyl or cyclic N) is 1. The number of halogens is 1. The number of rotatable bonds is 0. The summed E-state index contributed by atoms with van der Waals surface area (Å²) >= 11 is 0. The van der Waals surface area contributed by atoms with Gasteiger partial charge in [0.1, 0.15) is 6.67 Å². The molecular weight excluding hydrogens is 169 g/mol. The molecule has 2 N–H and O–H groups in total. The van der Waals surface area contributed by atoms with Crippen molar-refractivity contribution in [2.24, 2.45) is 5.92 Å². The van der Waals surface area contributed by atoms with Gasteiger partial charge in [0, 0.05) is 18.0 Å². The molecule has 2 fully saturated rings. The molecule has 0 amide bonds. The highest BCUT2D eigenvalue weighted by atomic mass is 19.1. The van der Waals surface area contributed by atoms with Gasteiger partial charge >= 0.3 is 0 Å². The predicted octanol–water partition coefficient (Wildman–Crippen LogP) is 0.462. The van der Waals surface area contributed by atoms with E-state index in [1.165, 1.54) is 0 Å². The maximum atomic E-state index is 11.9. The Bertz CT molecular complexity index is 251. The minimum absolute atomic E-state index is 0.126.